The summed E-state index contributed by atoms with van der Waals surface area (Å²) in [4.78, 5) is 31.0. The van der Waals surface area contributed by atoms with Gasteiger partial charge in [0.2, 0.25) is 0 Å². The minimum absolute atomic E-state index is 0.224. The Labute approximate surface area is 221 Å². The van der Waals surface area contributed by atoms with Crippen molar-refractivity contribution in [2.75, 3.05) is 18.5 Å². The molecule has 1 aliphatic heterocycles. The van der Waals surface area contributed by atoms with Crippen LogP contribution in [0.5, 0.6) is 5.75 Å². The van der Waals surface area contributed by atoms with Crippen molar-refractivity contribution in [1.29, 1.82) is 0 Å². The van der Waals surface area contributed by atoms with Gasteiger partial charge >= 0.3 is 11.9 Å². The number of ether oxygens (including phenoxy) is 2. The summed E-state index contributed by atoms with van der Waals surface area (Å²) in [6.07, 6.45) is 1.67. The molecule has 0 spiro atoms. The molecule has 9 heteroatoms. The molecular weight excluding hydrogens is 490 g/mol. The van der Waals surface area contributed by atoms with Crippen molar-refractivity contribution in [3.8, 4) is 5.75 Å². The average molecular weight is 524 g/mol. The third kappa shape index (κ3) is 6.11. The van der Waals surface area contributed by atoms with E-state index in [1.807, 2.05) is 55.6 Å². The standard InChI is InChI=1S/C22H27N3O4S.C6H6O/c1-5-28-19(26)17-14(3)24-15(4)22(20(27)29-6-2,16-10-8-7-9-11-16)18(17)25-21-23-12-13-30-21;7-6-4-2-1-3-5-6/h7-13,15,18,24H,5-6H2,1-4H3,(H,23,25);1-5,7H. The lowest BCUT2D eigenvalue weighted by atomic mass is 9.64. The van der Waals surface area contributed by atoms with Crippen molar-refractivity contribution < 1.29 is 24.2 Å². The maximum absolute atomic E-state index is 13.6. The topological polar surface area (TPSA) is 110 Å². The monoisotopic (exact) mass is 523 g/mol. The Morgan fingerprint density at radius 1 is 1.05 bits per heavy atom. The zero-order chi connectivity index (χ0) is 26.8. The quantitative estimate of drug-likeness (QED) is 0.384. The first-order valence-corrected chi connectivity index (χ1v) is 13.0. The number of carbonyl (C=O) groups is 2. The van der Waals surface area contributed by atoms with Gasteiger partial charge in [-0.25, -0.2) is 9.78 Å². The summed E-state index contributed by atoms with van der Waals surface area (Å²) < 4.78 is 10.9. The molecule has 0 aliphatic carbocycles. The minimum atomic E-state index is -1.22. The molecule has 0 fully saturated rings. The largest absolute Gasteiger partial charge is 0.508 e. The fourth-order valence-corrected chi connectivity index (χ4v) is 5.07. The lowest BCUT2D eigenvalue weighted by Crippen LogP contribution is -2.66. The summed E-state index contributed by atoms with van der Waals surface area (Å²) >= 11 is 1.40. The number of nitrogens with zero attached hydrogens (tertiary/aromatic N) is 1. The fourth-order valence-electron chi connectivity index (χ4n) is 4.52. The Morgan fingerprint density at radius 2 is 1.68 bits per heavy atom. The zero-order valence-electron chi connectivity index (χ0n) is 21.4. The molecule has 0 saturated carbocycles. The first kappa shape index (κ1) is 27.7. The Kier molecular flexibility index (Phi) is 9.68. The Bertz CT molecular complexity index is 1190. The van der Waals surface area contributed by atoms with Crippen LogP contribution >= 0.6 is 11.3 Å². The van der Waals surface area contributed by atoms with E-state index in [2.05, 4.69) is 15.6 Å². The zero-order valence-corrected chi connectivity index (χ0v) is 22.2. The molecule has 37 heavy (non-hydrogen) atoms. The Hall–Kier alpha value is -3.85. The highest BCUT2D eigenvalue weighted by Crippen LogP contribution is 2.42. The van der Waals surface area contributed by atoms with Gasteiger partial charge in [-0.15, -0.1) is 11.3 Å². The number of hydrogen-bond donors (Lipinski definition) is 3. The Balaban J connectivity index is 0.000000468. The van der Waals surface area contributed by atoms with Crippen LogP contribution in [0.2, 0.25) is 0 Å². The average Bonchev–Trinajstić information content (AvgIpc) is 3.39. The number of phenolic OH excluding ortho intramolecular Hbond substituents is 1. The second-order valence-electron chi connectivity index (χ2n) is 8.33. The summed E-state index contributed by atoms with van der Waals surface area (Å²) in [6, 6.07) is 17.0. The first-order chi connectivity index (χ1) is 17.9. The predicted octanol–water partition coefficient (Wildman–Crippen LogP) is 4.65. The van der Waals surface area contributed by atoms with E-state index in [1.54, 1.807) is 44.3 Å². The lowest BCUT2D eigenvalue weighted by Gasteiger charge is -2.48. The van der Waals surface area contributed by atoms with Crippen LogP contribution in [0.4, 0.5) is 5.13 Å². The van der Waals surface area contributed by atoms with Crippen molar-refractivity contribution >= 4 is 28.4 Å². The molecule has 3 unspecified atom stereocenters. The molecule has 0 saturated heterocycles. The van der Waals surface area contributed by atoms with Gasteiger partial charge in [0.1, 0.15) is 11.2 Å². The van der Waals surface area contributed by atoms with Crippen LogP contribution in [0.15, 0.2) is 83.5 Å². The van der Waals surface area contributed by atoms with Crippen LogP contribution in [0, 0.1) is 0 Å². The lowest BCUT2D eigenvalue weighted by molar-refractivity contribution is -0.152. The number of thiazole rings is 1. The van der Waals surface area contributed by atoms with E-state index in [0.29, 0.717) is 22.2 Å². The molecule has 3 N–H and O–H groups in total. The van der Waals surface area contributed by atoms with Crippen molar-refractivity contribution in [2.45, 2.75) is 45.2 Å². The van der Waals surface area contributed by atoms with Gasteiger partial charge in [-0.2, -0.15) is 0 Å². The van der Waals surface area contributed by atoms with E-state index >= 15 is 0 Å². The highest BCUT2D eigenvalue weighted by molar-refractivity contribution is 7.13. The molecule has 2 heterocycles. The second-order valence-corrected chi connectivity index (χ2v) is 9.23. The van der Waals surface area contributed by atoms with Crippen LogP contribution in [-0.2, 0) is 24.5 Å². The molecule has 0 radical (unpaired) electrons. The number of aromatic nitrogens is 1. The molecule has 1 aromatic heterocycles. The number of aromatic hydroxyl groups is 1. The molecule has 3 aromatic rings. The van der Waals surface area contributed by atoms with Gasteiger partial charge in [-0.1, -0.05) is 48.5 Å². The normalized spacial score (nSPS) is 20.6. The van der Waals surface area contributed by atoms with Gasteiger partial charge in [-0.3, -0.25) is 4.79 Å². The summed E-state index contributed by atoms with van der Waals surface area (Å²) in [5.41, 5.74) is 0.546. The van der Waals surface area contributed by atoms with E-state index in [0.717, 1.165) is 5.56 Å². The maximum Gasteiger partial charge on any atom is 0.337 e. The SMILES string of the molecule is CCOC(=O)C1=C(C)NC(C)C(C(=O)OCC)(c2ccccc2)C1Nc1nccs1.Oc1ccccc1. The van der Waals surface area contributed by atoms with Gasteiger partial charge in [0.25, 0.3) is 0 Å². The second kappa shape index (κ2) is 12.9. The van der Waals surface area contributed by atoms with E-state index in [9.17, 15) is 9.59 Å². The Morgan fingerprint density at radius 3 is 2.19 bits per heavy atom. The number of hydrogen-bond acceptors (Lipinski definition) is 9. The molecule has 2 aromatic carbocycles. The fraction of sp³-hybridized carbons (Fsp3) is 0.321. The molecule has 1 aliphatic rings. The molecule has 8 nitrogen and oxygen atoms in total. The van der Waals surface area contributed by atoms with Crippen LogP contribution in [0.25, 0.3) is 0 Å². The molecule has 3 atom stereocenters. The van der Waals surface area contributed by atoms with Crippen molar-refractivity contribution in [2.24, 2.45) is 0 Å². The summed E-state index contributed by atoms with van der Waals surface area (Å²) in [7, 11) is 0. The summed E-state index contributed by atoms with van der Waals surface area (Å²) in [6.45, 7) is 7.72. The number of para-hydroxylation sites is 1. The van der Waals surface area contributed by atoms with Gasteiger partial charge in [-0.05, 0) is 45.4 Å². The molecule has 0 bridgehead atoms. The van der Waals surface area contributed by atoms with Crippen LogP contribution < -0.4 is 10.6 Å². The van der Waals surface area contributed by atoms with Gasteiger partial charge in [0.15, 0.2) is 5.13 Å². The maximum atomic E-state index is 13.6. The molecule has 4 rings (SSSR count). The van der Waals surface area contributed by atoms with E-state index in [1.165, 1.54) is 11.3 Å². The number of benzene rings is 2. The van der Waals surface area contributed by atoms with Crippen LogP contribution in [0.1, 0.15) is 33.3 Å². The van der Waals surface area contributed by atoms with Crippen molar-refractivity contribution in [3.05, 3.63) is 89.1 Å². The van der Waals surface area contributed by atoms with Crippen LogP contribution in [0.3, 0.4) is 0 Å². The summed E-state index contributed by atoms with van der Waals surface area (Å²) in [5, 5.41) is 17.7. The smallest absolute Gasteiger partial charge is 0.337 e. The predicted molar refractivity (Wildman–Crippen MR) is 144 cm³/mol. The molecule has 196 valence electrons. The van der Waals surface area contributed by atoms with Gasteiger partial charge < -0.3 is 25.2 Å². The number of nitrogens with one attached hydrogen (secondary N) is 2. The summed E-state index contributed by atoms with van der Waals surface area (Å²) in [5.74, 6) is -0.574. The van der Waals surface area contributed by atoms with E-state index in [4.69, 9.17) is 14.6 Å². The number of anilines is 1. The van der Waals surface area contributed by atoms with Gasteiger partial charge in [0.05, 0.1) is 24.8 Å². The number of allylic oxidation sites excluding steroid dienone is 1. The van der Waals surface area contributed by atoms with Crippen molar-refractivity contribution in [1.82, 2.24) is 10.3 Å². The number of rotatable bonds is 7. The highest BCUT2D eigenvalue weighted by atomic mass is 32.1. The van der Waals surface area contributed by atoms with Gasteiger partial charge in [0, 0.05) is 23.3 Å². The molecule has 0 amide bonds. The molecular formula is C28H33N3O5S. The third-order valence-corrected chi connectivity index (χ3v) is 6.78. The first-order valence-electron chi connectivity index (χ1n) is 12.1. The van der Waals surface area contributed by atoms with Crippen LogP contribution in [-0.4, -0.2) is 47.3 Å². The minimum Gasteiger partial charge on any atom is -0.508 e. The van der Waals surface area contributed by atoms with E-state index < -0.39 is 23.4 Å². The number of phenols is 1. The third-order valence-electron chi connectivity index (χ3n) is 6.08. The number of carbonyl (C=O) groups excluding carboxylic acids is 2. The number of esters is 2. The van der Waals surface area contributed by atoms with E-state index in [-0.39, 0.29) is 19.3 Å². The van der Waals surface area contributed by atoms with Crippen molar-refractivity contribution in [3.63, 3.8) is 0 Å². The highest BCUT2D eigenvalue weighted by Gasteiger charge is 2.58.